The fraction of sp³-hybridized carbons (Fsp3) is 0.185. The quantitative estimate of drug-likeness (QED) is 0.343. The highest BCUT2D eigenvalue weighted by Gasteiger charge is 2.24. The zero-order valence-corrected chi connectivity index (χ0v) is 22.5. The fourth-order valence-corrected chi connectivity index (χ4v) is 4.71. The van der Waals surface area contributed by atoms with Crippen LogP contribution in [0.25, 0.3) is 0 Å². The molecule has 37 heavy (non-hydrogen) atoms. The first-order valence-corrected chi connectivity index (χ1v) is 12.8. The molecule has 1 aliphatic rings. The van der Waals surface area contributed by atoms with Gasteiger partial charge in [0.05, 0.1) is 29.6 Å². The first-order valence-electron chi connectivity index (χ1n) is 11.6. The molecule has 3 aromatic carbocycles. The topological polar surface area (TPSA) is 91.0 Å². The van der Waals surface area contributed by atoms with Crippen molar-refractivity contribution in [2.75, 3.05) is 43.5 Å². The van der Waals surface area contributed by atoms with Gasteiger partial charge in [-0.25, -0.2) is 4.79 Å². The van der Waals surface area contributed by atoms with Crippen molar-refractivity contribution < 1.29 is 19.1 Å². The van der Waals surface area contributed by atoms with Crippen LogP contribution in [0.4, 0.5) is 11.4 Å². The fourth-order valence-electron chi connectivity index (χ4n) is 4.04. The summed E-state index contributed by atoms with van der Waals surface area (Å²) >= 11 is 8.79. The van der Waals surface area contributed by atoms with Crippen LogP contribution < -0.4 is 15.5 Å². The summed E-state index contributed by atoms with van der Waals surface area (Å²) in [5.41, 5.74) is 2.77. The van der Waals surface area contributed by atoms with E-state index in [1.165, 1.54) is 7.11 Å². The maximum atomic E-state index is 12.8. The second-order valence-corrected chi connectivity index (χ2v) is 9.52. The predicted molar refractivity (Wildman–Crippen MR) is 150 cm³/mol. The standard InChI is InChI=1S/C27H25BrN4O4S/c1-36-26(35)19-11-12-23(31-13-15-32(16-14-31)25(34)18-7-3-2-4-8-18)22(17-19)29-27(37)30-24(33)20-9-5-6-10-21(20)28/h2-12,17H,13-16H2,1H3,(H2,29,30,33,37). The largest absolute Gasteiger partial charge is 0.465 e. The minimum atomic E-state index is -0.490. The highest BCUT2D eigenvalue weighted by atomic mass is 79.9. The van der Waals surface area contributed by atoms with Gasteiger partial charge in [-0.2, -0.15) is 0 Å². The van der Waals surface area contributed by atoms with Crippen LogP contribution in [0.3, 0.4) is 0 Å². The Balaban J connectivity index is 1.50. The van der Waals surface area contributed by atoms with Gasteiger partial charge in [-0.3, -0.25) is 14.9 Å². The smallest absolute Gasteiger partial charge is 0.337 e. The van der Waals surface area contributed by atoms with E-state index in [2.05, 4.69) is 31.5 Å². The van der Waals surface area contributed by atoms with Crippen molar-refractivity contribution >= 4 is 62.4 Å². The normalized spacial score (nSPS) is 13.0. The molecule has 190 valence electrons. The Morgan fingerprint density at radius 3 is 2.24 bits per heavy atom. The summed E-state index contributed by atoms with van der Waals surface area (Å²) in [6.07, 6.45) is 0. The molecule has 0 spiro atoms. The van der Waals surface area contributed by atoms with Crippen LogP contribution in [0.15, 0.2) is 77.3 Å². The Bertz CT molecular complexity index is 1330. The number of hydrogen-bond donors (Lipinski definition) is 2. The van der Waals surface area contributed by atoms with Gasteiger partial charge in [0, 0.05) is 36.2 Å². The van der Waals surface area contributed by atoms with Gasteiger partial charge in [-0.05, 0) is 70.6 Å². The minimum Gasteiger partial charge on any atom is -0.465 e. The average molecular weight is 581 g/mol. The number of benzene rings is 3. The van der Waals surface area contributed by atoms with E-state index >= 15 is 0 Å². The van der Waals surface area contributed by atoms with Crippen molar-refractivity contribution in [2.45, 2.75) is 0 Å². The van der Waals surface area contributed by atoms with E-state index in [0.717, 1.165) is 5.69 Å². The van der Waals surface area contributed by atoms with Crippen molar-refractivity contribution in [2.24, 2.45) is 0 Å². The molecule has 8 nitrogen and oxygen atoms in total. The number of amides is 2. The number of rotatable bonds is 5. The molecule has 0 aromatic heterocycles. The van der Waals surface area contributed by atoms with Crippen molar-refractivity contribution in [3.05, 3.63) is 94.0 Å². The molecule has 0 unspecified atom stereocenters. The molecule has 0 aliphatic carbocycles. The lowest BCUT2D eigenvalue weighted by Crippen LogP contribution is -2.49. The SMILES string of the molecule is COC(=O)c1ccc(N2CCN(C(=O)c3ccccc3)CC2)c(NC(=S)NC(=O)c2ccccc2Br)c1. The van der Waals surface area contributed by atoms with E-state index in [1.807, 2.05) is 47.4 Å². The Morgan fingerprint density at radius 2 is 1.57 bits per heavy atom. The van der Waals surface area contributed by atoms with Crippen molar-refractivity contribution in [3.63, 3.8) is 0 Å². The summed E-state index contributed by atoms with van der Waals surface area (Å²) < 4.78 is 5.51. The highest BCUT2D eigenvalue weighted by molar-refractivity contribution is 9.10. The number of carbonyl (C=O) groups excluding carboxylic acids is 3. The van der Waals surface area contributed by atoms with Crippen molar-refractivity contribution in [3.8, 4) is 0 Å². The summed E-state index contributed by atoms with van der Waals surface area (Å²) in [5, 5.41) is 5.83. The molecule has 4 rings (SSSR count). The van der Waals surface area contributed by atoms with Crippen molar-refractivity contribution in [1.29, 1.82) is 0 Å². The molecular weight excluding hydrogens is 556 g/mol. The van der Waals surface area contributed by atoms with E-state index in [-0.39, 0.29) is 16.9 Å². The minimum absolute atomic E-state index is 0.00407. The molecule has 1 heterocycles. The molecule has 0 atom stereocenters. The number of carbonyl (C=O) groups is 3. The Morgan fingerprint density at radius 1 is 0.892 bits per heavy atom. The van der Waals surface area contributed by atoms with Crippen LogP contribution in [0, 0.1) is 0 Å². The first-order chi connectivity index (χ1) is 17.9. The molecule has 0 radical (unpaired) electrons. The first kappa shape index (κ1) is 26.3. The molecule has 1 saturated heterocycles. The average Bonchev–Trinajstić information content (AvgIpc) is 2.93. The molecule has 3 aromatic rings. The molecule has 2 N–H and O–H groups in total. The van der Waals surface area contributed by atoms with Gasteiger partial charge in [-0.15, -0.1) is 0 Å². The third kappa shape index (κ3) is 6.33. The molecule has 10 heteroatoms. The summed E-state index contributed by atoms with van der Waals surface area (Å²) in [6.45, 7) is 2.24. The van der Waals surface area contributed by atoms with Crippen LogP contribution in [-0.2, 0) is 4.74 Å². The number of ether oxygens (including phenoxy) is 1. The number of piperazine rings is 1. The molecule has 0 bridgehead atoms. The maximum Gasteiger partial charge on any atom is 0.337 e. The van der Waals surface area contributed by atoms with Crippen LogP contribution in [0.2, 0.25) is 0 Å². The number of methoxy groups -OCH3 is 1. The third-order valence-electron chi connectivity index (χ3n) is 5.94. The van der Waals surface area contributed by atoms with Gasteiger partial charge >= 0.3 is 5.97 Å². The predicted octanol–water partition coefficient (Wildman–Crippen LogP) is 4.32. The van der Waals surface area contributed by atoms with Gasteiger partial charge in [0.1, 0.15) is 0 Å². The number of anilines is 2. The zero-order chi connectivity index (χ0) is 26.4. The van der Waals surface area contributed by atoms with E-state index < -0.39 is 5.97 Å². The number of halogens is 1. The molecule has 1 fully saturated rings. The van der Waals surface area contributed by atoms with Gasteiger partial charge in [0.2, 0.25) is 0 Å². The second-order valence-electron chi connectivity index (χ2n) is 8.26. The zero-order valence-electron chi connectivity index (χ0n) is 20.1. The van der Waals surface area contributed by atoms with Crippen molar-refractivity contribution in [1.82, 2.24) is 10.2 Å². The molecule has 2 amide bonds. The van der Waals surface area contributed by atoms with E-state index in [9.17, 15) is 14.4 Å². The highest BCUT2D eigenvalue weighted by Crippen LogP contribution is 2.29. The summed E-state index contributed by atoms with van der Waals surface area (Å²) in [7, 11) is 1.31. The van der Waals surface area contributed by atoms with Gasteiger partial charge in [-0.1, -0.05) is 30.3 Å². The summed E-state index contributed by atoms with van der Waals surface area (Å²) in [6, 6.07) is 21.4. The summed E-state index contributed by atoms with van der Waals surface area (Å²) in [4.78, 5) is 41.6. The van der Waals surface area contributed by atoms with E-state index in [4.69, 9.17) is 17.0 Å². The lowest BCUT2D eigenvalue weighted by atomic mass is 10.1. The number of esters is 1. The molecule has 0 saturated carbocycles. The summed E-state index contributed by atoms with van der Waals surface area (Å²) in [5.74, 6) is -0.865. The lowest BCUT2D eigenvalue weighted by molar-refractivity contribution is 0.0600. The third-order valence-corrected chi connectivity index (χ3v) is 6.84. The number of nitrogens with one attached hydrogen (secondary N) is 2. The van der Waals surface area contributed by atoms with Gasteiger partial charge in [0.25, 0.3) is 11.8 Å². The monoisotopic (exact) mass is 580 g/mol. The van der Waals surface area contributed by atoms with Crippen LogP contribution in [0.1, 0.15) is 31.1 Å². The van der Waals surface area contributed by atoms with Crippen LogP contribution >= 0.6 is 28.1 Å². The second kappa shape index (κ2) is 12.0. The number of nitrogens with zero attached hydrogens (tertiary/aromatic N) is 2. The van der Waals surface area contributed by atoms with E-state index in [1.54, 1.807) is 30.3 Å². The Labute approximate surface area is 228 Å². The molecular formula is C27H25BrN4O4S. The van der Waals surface area contributed by atoms with E-state index in [0.29, 0.717) is 53.0 Å². The van der Waals surface area contributed by atoms with Crippen LogP contribution in [-0.4, -0.2) is 61.1 Å². The lowest BCUT2D eigenvalue weighted by Gasteiger charge is -2.37. The Kier molecular flexibility index (Phi) is 8.52. The number of hydrogen-bond acceptors (Lipinski definition) is 6. The van der Waals surface area contributed by atoms with Crippen LogP contribution in [0.5, 0.6) is 0 Å². The van der Waals surface area contributed by atoms with Gasteiger partial charge in [0.15, 0.2) is 5.11 Å². The number of thiocarbonyl (C=S) groups is 1. The molecule has 1 aliphatic heterocycles. The maximum absolute atomic E-state index is 12.8. The Hall–Kier alpha value is -3.76. The van der Waals surface area contributed by atoms with Gasteiger partial charge < -0.3 is 19.9 Å².